The highest BCUT2D eigenvalue weighted by atomic mass is 15.2. The standard InChI is InChI=1S/C14H29N3/c1-12-4-7-17(8-5-12)9-6-15-14-10-13(2)16(3)11-14/h12-15H,4-11H2,1-3H3. The van der Waals surface area contributed by atoms with E-state index in [2.05, 4.69) is 36.0 Å². The maximum atomic E-state index is 3.72. The van der Waals surface area contributed by atoms with Crippen molar-refractivity contribution < 1.29 is 0 Å². The fourth-order valence-electron chi connectivity index (χ4n) is 3.05. The van der Waals surface area contributed by atoms with Gasteiger partial charge in [0.05, 0.1) is 0 Å². The molecule has 3 nitrogen and oxygen atoms in total. The molecule has 1 N–H and O–H groups in total. The average molecular weight is 239 g/mol. The van der Waals surface area contributed by atoms with E-state index in [-0.39, 0.29) is 0 Å². The van der Waals surface area contributed by atoms with E-state index in [0.717, 1.165) is 18.0 Å². The summed E-state index contributed by atoms with van der Waals surface area (Å²) in [4.78, 5) is 5.08. The molecule has 17 heavy (non-hydrogen) atoms. The maximum Gasteiger partial charge on any atom is 0.0210 e. The molecule has 0 radical (unpaired) electrons. The second-order valence-corrected chi connectivity index (χ2v) is 6.20. The zero-order valence-electron chi connectivity index (χ0n) is 11.8. The topological polar surface area (TPSA) is 18.5 Å². The highest BCUT2D eigenvalue weighted by Gasteiger charge is 2.25. The first-order valence-electron chi connectivity index (χ1n) is 7.31. The molecular weight excluding hydrogens is 210 g/mol. The SMILES string of the molecule is CC1CCN(CCNC2CC(C)N(C)C2)CC1. The third-order valence-corrected chi connectivity index (χ3v) is 4.62. The lowest BCUT2D eigenvalue weighted by atomic mass is 9.99. The third-order valence-electron chi connectivity index (χ3n) is 4.62. The molecule has 2 rings (SSSR count). The number of nitrogens with one attached hydrogen (secondary N) is 1. The predicted octanol–water partition coefficient (Wildman–Crippen LogP) is 1.40. The Morgan fingerprint density at radius 2 is 1.88 bits per heavy atom. The first kappa shape index (κ1) is 13.3. The van der Waals surface area contributed by atoms with Gasteiger partial charge in [-0.3, -0.25) is 0 Å². The molecule has 2 heterocycles. The normalized spacial score (nSPS) is 33.4. The minimum atomic E-state index is 0.721. The molecule has 0 spiro atoms. The van der Waals surface area contributed by atoms with Gasteiger partial charge in [0.25, 0.3) is 0 Å². The van der Waals surface area contributed by atoms with Crippen molar-refractivity contribution in [2.75, 3.05) is 39.8 Å². The summed E-state index contributed by atoms with van der Waals surface area (Å²) in [5.74, 6) is 0.948. The second-order valence-electron chi connectivity index (χ2n) is 6.20. The van der Waals surface area contributed by atoms with Crippen molar-refractivity contribution in [2.45, 2.75) is 45.2 Å². The van der Waals surface area contributed by atoms with Crippen LogP contribution in [0, 0.1) is 5.92 Å². The molecule has 2 aliphatic heterocycles. The molecule has 0 amide bonds. The van der Waals surface area contributed by atoms with Crippen LogP contribution in [0.3, 0.4) is 0 Å². The minimum Gasteiger partial charge on any atom is -0.311 e. The summed E-state index contributed by atoms with van der Waals surface area (Å²) in [5, 5.41) is 3.72. The van der Waals surface area contributed by atoms with Crippen molar-refractivity contribution in [3.8, 4) is 0 Å². The zero-order chi connectivity index (χ0) is 12.3. The van der Waals surface area contributed by atoms with Crippen LogP contribution in [0.2, 0.25) is 0 Å². The van der Waals surface area contributed by atoms with Gasteiger partial charge in [-0.05, 0) is 52.2 Å². The van der Waals surface area contributed by atoms with E-state index in [1.54, 1.807) is 0 Å². The van der Waals surface area contributed by atoms with Gasteiger partial charge in [-0.2, -0.15) is 0 Å². The number of hydrogen-bond acceptors (Lipinski definition) is 3. The monoisotopic (exact) mass is 239 g/mol. The van der Waals surface area contributed by atoms with Gasteiger partial charge in [0.2, 0.25) is 0 Å². The summed E-state index contributed by atoms with van der Waals surface area (Å²) in [6.07, 6.45) is 4.10. The molecule has 2 fully saturated rings. The first-order valence-corrected chi connectivity index (χ1v) is 7.31. The van der Waals surface area contributed by atoms with Crippen molar-refractivity contribution in [3.05, 3.63) is 0 Å². The summed E-state index contributed by atoms with van der Waals surface area (Å²) in [7, 11) is 2.23. The molecule has 2 aliphatic rings. The molecule has 3 heteroatoms. The van der Waals surface area contributed by atoms with E-state index >= 15 is 0 Å². The van der Waals surface area contributed by atoms with Crippen molar-refractivity contribution in [1.29, 1.82) is 0 Å². The van der Waals surface area contributed by atoms with Gasteiger partial charge in [-0.25, -0.2) is 0 Å². The van der Waals surface area contributed by atoms with E-state index in [1.807, 2.05) is 0 Å². The Kier molecular flexibility index (Phi) is 4.83. The Morgan fingerprint density at radius 3 is 2.47 bits per heavy atom. The van der Waals surface area contributed by atoms with Crippen molar-refractivity contribution in [2.24, 2.45) is 5.92 Å². The molecule has 2 atom stereocenters. The van der Waals surface area contributed by atoms with E-state index in [1.165, 1.54) is 52.0 Å². The smallest absolute Gasteiger partial charge is 0.0210 e. The van der Waals surface area contributed by atoms with Crippen LogP contribution in [-0.2, 0) is 0 Å². The Labute approximate surface area is 107 Å². The van der Waals surface area contributed by atoms with Gasteiger partial charge in [-0.1, -0.05) is 6.92 Å². The summed E-state index contributed by atoms with van der Waals surface area (Å²) in [5.41, 5.74) is 0. The van der Waals surface area contributed by atoms with Crippen LogP contribution < -0.4 is 5.32 Å². The molecule has 0 aliphatic carbocycles. The molecular formula is C14H29N3. The number of rotatable bonds is 4. The Hall–Kier alpha value is -0.120. The van der Waals surface area contributed by atoms with Crippen LogP contribution in [0.15, 0.2) is 0 Å². The summed E-state index contributed by atoms with van der Waals surface area (Å²) < 4.78 is 0. The van der Waals surface area contributed by atoms with Crippen molar-refractivity contribution in [3.63, 3.8) is 0 Å². The molecule has 0 bridgehead atoms. The van der Waals surface area contributed by atoms with Crippen molar-refractivity contribution >= 4 is 0 Å². The fraction of sp³-hybridized carbons (Fsp3) is 1.00. The second kappa shape index (κ2) is 6.17. The van der Waals surface area contributed by atoms with Gasteiger partial charge >= 0.3 is 0 Å². The summed E-state index contributed by atoms with van der Waals surface area (Å²) in [6.45, 7) is 11.0. The Morgan fingerprint density at radius 1 is 1.18 bits per heavy atom. The lowest BCUT2D eigenvalue weighted by Gasteiger charge is -2.30. The van der Waals surface area contributed by atoms with Gasteiger partial charge < -0.3 is 15.1 Å². The van der Waals surface area contributed by atoms with E-state index in [9.17, 15) is 0 Å². The Bertz CT molecular complexity index is 214. The zero-order valence-corrected chi connectivity index (χ0v) is 11.8. The summed E-state index contributed by atoms with van der Waals surface area (Å²) >= 11 is 0. The minimum absolute atomic E-state index is 0.721. The number of nitrogens with zero attached hydrogens (tertiary/aromatic N) is 2. The van der Waals surface area contributed by atoms with Crippen LogP contribution in [0.25, 0.3) is 0 Å². The largest absolute Gasteiger partial charge is 0.311 e. The number of piperidine rings is 1. The molecule has 0 saturated carbocycles. The number of likely N-dealkylation sites (N-methyl/N-ethyl adjacent to an activating group) is 1. The first-order chi connectivity index (χ1) is 8.15. The summed E-state index contributed by atoms with van der Waals surface area (Å²) in [6, 6.07) is 1.47. The fourth-order valence-corrected chi connectivity index (χ4v) is 3.05. The van der Waals surface area contributed by atoms with Gasteiger partial charge in [0, 0.05) is 31.7 Å². The molecule has 0 aromatic heterocycles. The van der Waals surface area contributed by atoms with E-state index < -0.39 is 0 Å². The lowest BCUT2D eigenvalue weighted by Crippen LogP contribution is -2.41. The van der Waals surface area contributed by atoms with Gasteiger partial charge in [-0.15, -0.1) is 0 Å². The van der Waals surface area contributed by atoms with E-state index in [0.29, 0.717) is 0 Å². The van der Waals surface area contributed by atoms with Crippen molar-refractivity contribution in [1.82, 2.24) is 15.1 Å². The molecule has 2 saturated heterocycles. The van der Waals surface area contributed by atoms with Gasteiger partial charge in [0.15, 0.2) is 0 Å². The van der Waals surface area contributed by atoms with Crippen LogP contribution in [-0.4, -0.2) is 61.7 Å². The molecule has 0 aromatic rings. The molecule has 2 unspecified atom stereocenters. The molecule has 100 valence electrons. The Balaban J connectivity index is 1.57. The third kappa shape index (κ3) is 3.94. The van der Waals surface area contributed by atoms with Crippen LogP contribution in [0.5, 0.6) is 0 Å². The predicted molar refractivity (Wildman–Crippen MR) is 73.3 cm³/mol. The molecule has 0 aromatic carbocycles. The average Bonchev–Trinajstić information content (AvgIpc) is 2.61. The highest BCUT2D eigenvalue weighted by Crippen LogP contribution is 2.16. The number of hydrogen-bond donors (Lipinski definition) is 1. The van der Waals surface area contributed by atoms with Crippen LogP contribution in [0.1, 0.15) is 33.1 Å². The lowest BCUT2D eigenvalue weighted by molar-refractivity contribution is 0.191. The quantitative estimate of drug-likeness (QED) is 0.800. The maximum absolute atomic E-state index is 3.72. The van der Waals surface area contributed by atoms with Crippen LogP contribution >= 0.6 is 0 Å². The van der Waals surface area contributed by atoms with E-state index in [4.69, 9.17) is 0 Å². The number of likely N-dealkylation sites (tertiary alicyclic amines) is 2. The highest BCUT2D eigenvalue weighted by molar-refractivity contribution is 4.85. The van der Waals surface area contributed by atoms with Crippen LogP contribution in [0.4, 0.5) is 0 Å². The van der Waals surface area contributed by atoms with Gasteiger partial charge in [0.1, 0.15) is 0 Å².